The number of rotatable bonds is 2. The van der Waals surface area contributed by atoms with Crippen molar-refractivity contribution >= 4 is 5.69 Å². The first kappa shape index (κ1) is 9.07. The van der Waals surface area contributed by atoms with Crippen LogP contribution >= 0.6 is 0 Å². The maximum atomic E-state index is 5.90. The third-order valence-corrected chi connectivity index (χ3v) is 2.61. The van der Waals surface area contributed by atoms with Gasteiger partial charge in [0.2, 0.25) is 0 Å². The molecule has 1 heteroatoms. The van der Waals surface area contributed by atoms with Crippen LogP contribution in [0.25, 0.3) is 0 Å². The lowest BCUT2D eigenvalue weighted by atomic mass is 9.92. The summed E-state index contributed by atoms with van der Waals surface area (Å²) in [6, 6.07) is 8.11. The molecule has 1 unspecified atom stereocenters. The van der Waals surface area contributed by atoms with Crippen molar-refractivity contribution in [3.8, 4) is 0 Å². The van der Waals surface area contributed by atoms with E-state index in [0.717, 1.165) is 18.5 Å². The minimum absolute atomic E-state index is 0.615. The van der Waals surface area contributed by atoms with Gasteiger partial charge in [0, 0.05) is 5.69 Å². The maximum Gasteiger partial charge on any atom is 0.0346 e. The number of para-hydroxylation sites is 1. The SMILES string of the molecule is Nc1ccccc1CC1C=CC=CC1. The van der Waals surface area contributed by atoms with Gasteiger partial charge < -0.3 is 5.73 Å². The molecule has 2 N–H and O–H groups in total. The molecule has 14 heavy (non-hydrogen) atoms. The molecule has 0 heterocycles. The Labute approximate surface area is 84.9 Å². The zero-order valence-electron chi connectivity index (χ0n) is 8.19. The van der Waals surface area contributed by atoms with E-state index >= 15 is 0 Å². The van der Waals surface area contributed by atoms with Crippen LogP contribution < -0.4 is 5.73 Å². The molecule has 0 fully saturated rings. The van der Waals surface area contributed by atoms with E-state index in [-0.39, 0.29) is 0 Å². The summed E-state index contributed by atoms with van der Waals surface area (Å²) in [6.45, 7) is 0. The molecule has 0 radical (unpaired) electrons. The minimum Gasteiger partial charge on any atom is -0.399 e. The third-order valence-electron chi connectivity index (χ3n) is 2.61. The highest BCUT2D eigenvalue weighted by atomic mass is 14.6. The predicted octanol–water partition coefficient (Wildman–Crippen LogP) is 2.94. The van der Waals surface area contributed by atoms with E-state index in [1.165, 1.54) is 5.56 Å². The van der Waals surface area contributed by atoms with Crippen LogP contribution in [0.1, 0.15) is 12.0 Å². The highest BCUT2D eigenvalue weighted by molar-refractivity contribution is 5.46. The fourth-order valence-electron chi connectivity index (χ4n) is 1.79. The molecule has 2 rings (SSSR count). The molecule has 0 bridgehead atoms. The molecule has 0 spiro atoms. The smallest absolute Gasteiger partial charge is 0.0346 e. The Hall–Kier alpha value is -1.50. The van der Waals surface area contributed by atoms with E-state index in [0.29, 0.717) is 5.92 Å². The average Bonchev–Trinajstić information content (AvgIpc) is 2.23. The van der Waals surface area contributed by atoms with Gasteiger partial charge in [-0.2, -0.15) is 0 Å². The molecular weight excluding hydrogens is 170 g/mol. The van der Waals surface area contributed by atoms with Crippen LogP contribution in [0, 0.1) is 5.92 Å². The molecule has 1 aliphatic rings. The quantitative estimate of drug-likeness (QED) is 0.704. The fraction of sp³-hybridized carbons (Fsp3) is 0.231. The van der Waals surface area contributed by atoms with Crippen LogP contribution in [0.4, 0.5) is 5.69 Å². The summed E-state index contributed by atoms with van der Waals surface area (Å²) in [4.78, 5) is 0. The van der Waals surface area contributed by atoms with Gasteiger partial charge in [0.15, 0.2) is 0 Å². The lowest BCUT2D eigenvalue weighted by Gasteiger charge is -2.14. The van der Waals surface area contributed by atoms with Crippen LogP contribution in [-0.2, 0) is 6.42 Å². The molecule has 0 amide bonds. The van der Waals surface area contributed by atoms with E-state index in [2.05, 4.69) is 30.4 Å². The molecule has 1 aliphatic carbocycles. The summed E-state index contributed by atoms with van der Waals surface area (Å²) in [5.74, 6) is 0.615. The Bertz CT molecular complexity index is 363. The van der Waals surface area contributed by atoms with Crippen LogP contribution in [0.15, 0.2) is 48.6 Å². The summed E-state index contributed by atoms with van der Waals surface area (Å²) in [6.07, 6.45) is 10.9. The van der Waals surface area contributed by atoms with Crippen LogP contribution in [0.2, 0.25) is 0 Å². The van der Waals surface area contributed by atoms with Gasteiger partial charge >= 0.3 is 0 Å². The lowest BCUT2D eigenvalue weighted by molar-refractivity contribution is 0.654. The first-order valence-corrected chi connectivity index (χ1v) is 5.03. The zero-order chi connectivity index (χ0) is 9.80. The molecule has 0 aliphatic heterocycles. The predicted molar refractivity (Wildman–Crippen MR) is 60.9 cm³/mol. The third kappa shape index (κ3) is 2.05. The molecule has 1 atom stereocenters. The van der Waals surface area contributed by atoms with E-state index < -0.39 is 0 Å². The van der Waals surface area contributed by atoms with Crippen LogP contribution in [-0.4, -0.2) is 0 Å². The fourth-order valence-corrected chi connectivity index (χ4v) is 1.79. The molecule has 0 saturated heterocycles. The van der Waals surface area contributed by atoms with Gasteiger partial charge in [0.05, 0.1) is 0 Å². The van der Waals surface area contributed by atoms with Crippen molar-refractivity contribution in [2.24, 2.45) is 5.92 Å². The highest BCUT2D eigenvalue weighted by Crippen LogP contribution is 2.20. The van der Waals surface area contributed by atoms with Crippen molar-refractivity contribution in [3.63, 3.8) is 0 Å². The normalized spacial score (nSPS) is 19.9. The van der Waals surface area contributed by atoms with Crippen molar-refractivity contribution in [3.05, 3.63) is 54.1 Å². The number of hydrogen-bond donors (Lipinski definition) is 1. The number of benzene rings is 1. The number of anilines is 1. The van der Waals surface area contributed by atoms with Gasteiger partial charge in [0.1, 0.15) is 0 Å². The largest absolute Gasteiger partial charge is 0.399 e. The Morgan fingerprint density at radius 2 is 2.07 bits per heavy atom. The van der Waals surface area contributed by atoms with Gasteiger partial charge in [-0.1, -0.05) is 42.5 Å². The van der Waals surface area contributed by atoms with E-state index in [1.807, 2.05) is 18.2 Å². The monoisotopic (exact) mass is 185 g/mol. The summed E-state index contributed by atoms with van der Waals surface area (Å²) < 4.78 is 0. The number of allylic oxidation sites excluding steroid dienone is 4. The summed E-state index contributed by atoms with van der Waals surface area (Å²) >= 11 is 0. The Kier molecular flexibility index (Phi) is 2.68. The van der Waals surface area contributed by atoms with Gasteiger partial charge in [-0.3, -0.25) is 0 Å². The van der Waals surface area contributed by atoms with E-state index in [4.69, 9.17) is 5.73 Å². The Morgan fingerprint density at radius 3 is 2.79 bits per heavy atom. The highest BCUT2D eigenvalue weighted by Gasteiger charge is 2.07. The van der Waals surface area contributed by atoms with Crippen LogP contribution in [0.5, 0.6) is 0 Å². The summed E-state index contributed by atoms with van der Waals surface area (Å²) in [5.41, 5.74) is 8.07. The van der Waals surface area contributed by atoms with E-state index in [1.54, 1.807) is 0 Å². The van der Waals surface area contributed by atoms with Gasteiger partial charge in [0.25, 0.3) is 0 Å². The van der Waals surface area contributed by atoms with Crippen molar-refractivity contribution < 1.29 is 0 Å². The zero-order valence-corrected chi connectivity index (χ0v) is 8.19. The first-order valence-electron chi connectivity index (χ1n) is 5.03. The Balaban J connectivity index is 2.07. The molecule has 1 nitrogen and oxygen atoms in total. The molecule has 1 aromatic carbocycles. The van der Waals surface area contributed by atoms with Crippen molar-refractivity contribution in [1.82, 2.24) is 0 Å². The first-order chi connectivity index (χ1) is 6.86. The second-order valence-corrected chi connectivity index (χ2v) is 3.71. The number of nitrogens with two attached hydrogens (primary N) is 1. The summed E-state index contributed by atoms with van der Waals surface area (Å²) in [5, 5.41) is 0. The Morgan fingerprint density at radius 1 is 1.21 bits per heavy atom. The topological polar surface area (TPSA) is 26.0 Å². The molecule has 1 aromatic rings. The van der Waals surface area contributed by atoms with Gasteiger partial charge in [-0.15, -0.1) is 0 Å². The molecule has 0 aromatic heterocycles. The second-order valence-electron chi connectivity index (χ2n) is 3.71. The molecule has 72 valence electrons. The van der Waals surface area contributed by atoms with Gasteiger partial charge in [-0.25, -0.2) is 0 Å². The number of nitrogen functional groups attached to an aromatic ring is 1. The number of hydrogen-bond acceptors (Lipinski definition) is 1. The maximum absolute atomic E-state index is 5.90. The molecular formula is C13H15N. The second kappa shape index (κ2) is 4.14. The standard InChI is InChI=1S/C13H15N/c14-13-9-5-4-8-12(13)10-11-6-2-1-3-7-11/h1-6,8-9,11H,7,10,14H2. The van der Waals surface area contributed by atoms with Crippen molar-refractivity contribution in [1.29, 1.82) is 0 Å². The minimum atomic E-state index is 0.615. The van der Waals surface area contributed by atoms with Gasteiger partial charge in [-0.05, 0) is 30.4 Å². The van der Waals surface area contributed by atoms with Crippen LogP contribution in [0.3, 0.4) is 0 Å². The average molecular weight is 185 g/mol. The summed E-state index contributed by atoms with van der Waals surface area (Å²) in [7, 11) is 0. The van der Waals surface area contributed by atoms with E-state index in [9.17, 15) is 0 Å². The molecule has 0 saturated carbocycles. The lowest BCUT2D eigenvalue weighted by Crippen LogP contribution is -2.04. The van der Waals surface area contributed by atoms with Crippen molar-refractivity contribution in [2.45, 2.75) is 12.8 Å². The van der Waals surface area contributed by atoms with Crippen molar-refractivity contribution in [2.75, 3.05) is 5.73 Å².